The van der Waals surface area contributed by atoms with E-state index in [-0.39, 0.29) is 0 Å². The lowest BCUT2D eigenvalue weighted by Crippen LogP contribution is -1.94. The largest absolute Gasteiger partial charge is 0.0876 e. The molecule has 4 aromatic rings. The highest BCUT2D eigenvalue weighted by molar-refractivity contribution is 9.09. The van der Waals surface area contributed by atoms with Crippen LogP contribution in [0.3, 0.4) is 0 Å². The van der Waals surface area contributed by atoms with E-state index in [0.29, 0.717) is 0 Å². The maximum atomic E-state index is 3.71. The van der Waals surface area contributed by atoms with Gasteiger partial charge in [0.05, 0.1) is 0 Å². The minimum Gasteiger partial charge on any atom is -0.0876 e. The third-order valence-electron chi connectivity index (χ3n) is 5.34. The van der Waals surface area contributed by atoms with Crippen LogP contribution < -0.4 is 0 Å². The number of rotatable bonds is 6. The van der Waals surface area contributed by atoms with E-state index in [0.717, 1.165) is 16.0 Å². The van der Waals surface area contributed by atoms with Gasteiger partial charge in [0.25, 0.3) is 0 Å². The van der Waals surface area contributed by atoms with Crippen LogP contribution in [0.4, 0.5) is 0 Å². The summed E-state index contributed by atoms with van der Waals surface area (Å²) < 4.78 is 0. The Morgan fingerprint density at radius 3 is 1.70 bits per heavy atom. The summed E-state index contributed by atoms with van der Waals surface area (Å²) in [7, 11) is 0. The Balaban J connectivity index is 1.92. The second-order valence-corrected chi connectivity index (χ2v) is 8.89. The summed E-state index contributed by atoms with van der Waals surface area (Å²) in [5, 5.41) is 2.55. The molecule has 0 atom stereocenters. The predicted octanol–water partition coefficient (Wildman–Crippen LogP) is 9.37. The lowest BCUT2D eigenvalue weighted by atomic mass is 9.90. The van der Waals surface area contributed by atoms with Crippen molar-refractivity contribution < 1.29 is 0 Å². The summed E-state index contributed by atoms with van der Waals surface area (Å²) in [5.41, 5.74) is 11.4. The van der Waals surface area contributed by atoms with Gasteiger partial charge in [0.15, 0.2) is 0 Å². The zero-order valence-electron chi connectivity index (χ0n) is 16.4. The number of benzene rings is 4. The second-order valence-electron chi connectivity index (χ2n) is 7.21. The highest BCUT2D eigenvalue weighted by Gasteiger charge is 2.12. The summed E-state index contributed by atoms with van der Waals surface area (Å²) in [6, 6.07) is 32.9. The number of hydrogen-bond donors (Lipinski definition) is 0. The van der Waals surface area contributed by atoms with E-state index < -0.39 is 0 Å². The summed E-state index contributed by atoms with van der Waals surface area (Å²) in [5.74, 6) is 0. The Labute approximate surface area is 203 Å². The maximum absolute atomic E-state index is 3.71. The quantitative estimate of drug-likeness (QED) is 0.198. The molecule has 0 radical (unpaired) electrons. The van der Waals surface area contributed by atoms with Gasteiger partial charge in [0.1, 0.15) is 0 Å². The lowest BCUT2D eigenvalue weighted by molar-refractivity contribution is 1.30. The van der Waals surface area contributed by atoms with E-state index >= 15 is 0 Å². The van der Waals surface area contributed by atoms with Gasteiger partial charge in [-0.15, -0.1) is 0 Å². The number of hydrogen-bond acceptors (Lipinski definition) is 0. The van der Waals surface area contributed by atoms with Crippen molar-refractivity contribution in [2.75, 3.05) is 0 Å². The molecule has 0 aliphatic rings. The van der Waals surface area contributed by atoms with Crippen molar-refractivity contribution in [3.8, 4) is 33.4 Å². The Bertz CT molecular complexity index is 1130. The molecule has 0 saturated heterocycles. The molecule has 0 nitrogen and oxygen atoms in total. The molecule has 0 spiro atoms. The first-order valence-electron chi connectivity index (χ1n) is 9.82. The van der Waals surface area contributed by atoms with Gasteiger partial charge in [-0.3, -0.25) is 0 Å². The maximum Gasteiger partial charge on any atom is 0.0292 e. The van der Waals surface area contributed by atoms with Crippen LogP contribution in [-0.4, -0.2) is 0 Å². The van der Waals surface area contributed by atoms with Crippen LogP contribution in [0.1, 0.15) is 16.7 Å². The zero-order chi connectivity index (χ0) is 20.9. The van der Waals surface area contributed by atoms with Crippen molar-refractivity contribution in [1.29, 1.82) is 0 Å². The summed E-state index contributed by atoms with van der Waals surface area (Å²) in [6.07, 6.45) is 0. The first-order valence-corrected chi connectivity index (χ1v) is 13.2. The smallest absolute Gasteiger partial charge is 0.0292 e. The summed E-state index contributed by atoms with van der Waals surface area (Å²) in [6.45, 7) is 0. The fraction of sp³-hybridized carbons (Fsp3) is 0.111. The average Bonchev–Trinajstić information content (AvgIpc) is 2.83. The van der Waals surface area contributed by atoms with Crippen LogP contribution in [0.15, 0.2) is 91.0 Å². The van der Waals surface area contributed by atoms with Crippen molar-refractivity contribution in [2.45, 2.75) is 16.0 Å². The molecule has 150 valence electrons. The van der Waals surface area contributed by atoms with E-state index in [2.05, 4.69) is 139 Å². The molecular weight excluding hydrogens is 564 g/mol. The van der Waals surface area contributed by atoms with Crippen LogP contribution in [0.5, 0.6) is 0 Å². The van der Waals surface area contributed by atoms with E-state index in [4.69, 9.17) is 0 Å². The summed E-state index contributed by atoms with van der Waals surface area (Å²) in [4.78, 5) is 0. The van der Waals surface area contributed by atoms with E-state index in [9.17, 15) is 0 Å². The van der Waals surface area contributed by atoms with Crippen molar-refractivity contribution in [2.24, 2.45) is 0 Å². The fourth-order valence-corrected chi connectivity index (χ4v) is 5.28. The Hall–Kier alpha value is -1.68. The van der Waals surface area contributed by atoms with Crippen molar-refractivity contribution in [3.63, 3.8) is 0 Å². The minimum absolute atomic E-state index is 0.828. The first kappa shape index (κ1) is 21.5. The fourth-order valence-electron chi connectivity index (χ4n) is 3.72. The van der Waals surface area contributed by atoms with E-state index in [1.807, 2.05) is 0 Å². The van der Waals surface area contributed by atoms with Crippen molar-refractivity contribution >= 4 is 47.8 Å². The molecule has 3 heteroatoms. The molecule has 0 unspecified atom stereocenters. The molecule has 0 heterocycles. The lowest BCUT2D eigenvalue weighted by Gasteiger charge is -2.15. The molecular formula is C27H21Br3. The molecule has 0 aliphatic heterocycles. The second kappa shape index (κ2) is 10.1. The third-order valence-corrected chi connectivity index (χ3v) is 7.16. The van der Waals surface area contributed by atoms with Gasteiger partial charge in [-0.1, -0.05) is 121 Å². The predicted molar refractivity (Wildman–Crippen MR) is 141 cm³/mol. The third kappa shape index (κ3) is 4.64. The van der Waals surface area contributed by atoms with Crippen LogP contribution in [0.25, 0.3) is 33.4 Å². The standard InChI is InChI=1S/C27H21Br3/c28-16-19-9-11-21(12-10-19)24-13-23(20-5-2-1-3-6-20)14-25(15-24)26-8-4-7-22(17-29)27(26)18-30/h1-15H,16-18H2. The van der Waals surface area contributed by atoms with Crippen LogP contribution >= 0.6 is 47.8 Å². The van der Waals surface area contributed by atoms with Gasteiger partial charge in [-0.25, -0.2) is 0 Å². The molecule has 30 heavy (non-hydrogen) atoms. The van der Waals surface area contributed by atoms with E-state index in [1.54, 1.807) is 0 Å². The number of halogens is 3. The Morgan fingerprint density at radius 1 is 0.467 bits per heavy atom. The van der Waals surface area contributed by atoms with Crippen LogP contribution in [0.2, 0.25) is 0 Å². The zero-order valence-corrected chi connectivity index (χ0v) is 21.2. The van der Waals surface area contributed by atoms with Crippen molar-refractivity contribution in [3.05, 3.63) is 108 Å². The monoisotopic (exact) mass is 582 g/mol. The SMILES string of the molecule is BrCc1ccc(-c2cc(-c3ccccc3)cc(-c3cccc(CBr)c3CBr)c2)cc1. The van der Waals surface area contributed by atoms with Gasteiger partial charge >= 0.3 is 0 Å². The summed E-state index contributed by atoms with van der Waals surface area (Å²) >= 11 is 10.9. The van der Waals surface area contributed by atoms with Gasteiger partial charge < -0.3 is 0 Å². The molecule has 0 aromatic heterocycles. The molecule has 0 amide bonds. The molecule has 0 fully saturated rings. The molecule has 0 N–H and O–H groups in total. The number of alkyl halides is 3. The average molecular weight is 585 g/mol. The molecule has 0 bridgehead atoms. The van der Waals surface area contributed by atoms with Gasteiger partial charge in [0.2, 0.25) is 0 Å². The topological polar surface area (TPSA) is 0 Å². The Morgan fingerprint density at radius 2 is 1.10 bits per heavy atom. The van der Waals surface area contributed by atoms with Crippen LogP contribution in [-0.2, 0) is 16.0 Å². The highest BCUT2D eigenvalue weighted by atomic mass is 79.9. The van der Waals surface area contributed by atoms with Gasteiger partial charge in [-0.2, -0.15) is 0 Å². The molecule has 0 aliphatic carbocycles. The van der Waals surface area contributed by atoms with Crippen molar-refractivity contribution in [1.82, 2.24) is 0 Å². The minimum atomic E-state index is 0.828. The molecule has 4 rings (SSSR count). The Kier molecular flexibility index (Phi) is 7.24. The van der Waals surface area contributed by atoms with Gasteiger partial charge in [0, 0.05) is 16.0 Å². The van der Waals surface area contributed by atoms with Gasteiger partial charge in [-0.05, 0) is 68.3 Å². The van der Waals surface area contributed by atoms with E-state index in [1.165, 1.54) is 50.1 Å². The first-order chi connectivity index (χ1) is 14.7. The molecule has 0 saturated carbocycles. The van der Waals surface area contributed by atoms with Crippen LogP contribution in [0, 0.1) is 0 Å². The highest BCUT2D eigenvalue weighted by Crippen LogP contribution is 2.36. The normalized spacial score (nSPS) is 10.9. The molecule has 4 aromatic carbocycles.